The third-order valence-corrected chi connectivity index (χ3v) is 4.91. The van der Waals surface area contributed by atoms with Gasteiger partial charge in [-0.1, -0.05) is 17.8 Å². The molecule has 0 unspecified atom stereocenters. The van der Waals surface area contributed by atoms with Crippen molar-refractivity contribution >= 4 is 40.1 Å². The van der Waals surface area contributed by atoms with Crippen LogP contribution < -0.4 is 10.1 Å². The molecule has 1 atom stereocenters. The minimum absolute atomic E-state index is 0.107. The summed E-state index contributed by atoms with van der Waals surface area (Å²) in [4.78, 5) is 30.5. The molecule has 0 bridgehead atoms. The summed E-state index contributed by atoms with van der Waals surface area (Å²) >= 11 is 1.30. The molecule has 0 aliphatic heterocycles. The average Bonchev–Trinajstić information content (AvgIpc) is 3.02. The summed E-state index contributed by atoms with van der Waals surface area (Å²) < 4.78 is 5.14. The fraction of sp³-hybridized carbons (Fsp3) is 0.222. The van der Waals surface area contributed by atoms with Crippen LogP contribution in [0.1, 0.15) is 12.5 Å². The highest BCUT2D eigenvalue weighted by Crippen LogP contribution is 2.30. The smallest absolute Gasteiger partial charge is 0.273 e. The highest BCUT2D eigenvalue weighted by molar-refractivity contribution is 8.00. The van der Waals surface area contributed by atoms with Crippen molar-refractivity contribution in [2.45, 2.75) is 24.3 Å². The van der Waals surface area contributed by atoms with Crippen LogP contribution in [0, 0.1) is 17.0 Å². The van der Waals surface area contributed by atoms with E-state index in [9.17, 15) is 14.9 Å². The highest BCUT2D eigenvalue weighted by Gasteiger charge is 2.19. The maximum Gasteiger partial charge on any atom is 0.273 e. The van der Waals surface area contributed by atoms with Gasteiger partial charge in [0.1, 0.15) is 5.75 Å². The van der Waals surface area contributed by atoms with Gasteiger partial charge < -0.3 is 15.0 Å². The van der Waals surface area contributed by atoms with Crippen LogP contribution in [0.25, 0.3) is 11.0 Å². The van der Waals surface area contributed by atoms with Gasteiger partial charge in [0.05, 0.1) is 40.1 Å². The Morgan fingerprint density at radius 3 is 2.81 bits per heavy atom. The number of nitro benzene ring substituents is 1. The third kappa shape index (κ3) is 4.20. The lowest BCUT2D eigenvalue weighted by molar-refractivity contribution is -0.384. The second-order valence-electron chi connectivity index (χ2n) is 5.95. The molecule has 140 valence electrons. The van der Waals surface area contributed by atoms with Gasteiger partial charge in [0, 0.05) is 6.07 Å². The molecule has 0 radical (unpaired) electrons. The van der Waals surface area contributed by atoms with Crippen LogP contribution >= 0.6 is 11.8 Å². The van der Waals surface area contributed by atoms with E-state index in [0.29, 0.717) is 10.8 Å². The van der Waals surface area contributed by atoms with Gasteiger partial charge in [-0.15, -0.1) is 0 Å². The summed E-state index contributed by atoms with van der Waals surface area (Å²) in [6.07, 6.45) is 0. The number of nitro groups is 1. The summed E-state index contributed by atoms with van der Waals surface area (Å²) in [6, 6.07) is 9.95. The quantitative estimate of drug-likeness (QED) is 0.378. The number of hydrogen-bond donors (Lipinski definition) is 2. The number of aromatic amines is 1. The number of non-ortho nitro benzene ring substituents is 1. The maximum atomic E-state index is 12.5. The van der Waals surface area contributed by atoms with Crippen molar-refractivity contribution in [3.63, 3.8) is 0 Å². The first-order valence-electron chi connectivity index (χ1n) is 8.13. The van der Waals surface area contributed by atoms with E-state index >= 15 is 0 Å². The molecule has 0 saturated heterocycles. The molecule has 3 aromatic rings. The van der Waals surface area contributed by atoms with Crippen molar-refractivity contribution in [1.82, 2.24) is 9.97 Å². The molecule has 9 heteroatoms. The third-order valence-electron chi connectivity index (χ3n) is 3.93. The number of methoxy groups -OCH3 is 1. The van der Waals surface area contributed by atoms with E-state index in [1.54, 1.807) is 6.92 Å². The Morgan fingerprint density at radius 2 is 2.11 bits per heavy atom. The van der Waals surface area contributed by atoms with E-state index in [2.05, 4.69) is 15.3 Å². The van der Waals surface area contributed by atoms with Crippen LogP contribution in [0.4, 0.5) is 11.4 Å². The number of nitrogens with zero attached hydrogens (tertiary/aromatic N) is 2. The zero-order valence-electron chi connectivity index (χ0n) is 15.0. The van der Waals surface area contributed by atoms with Crippen LogP contribution in [0.5, 0.6) is 5.75 Å². The van der Waals surface area contributed by atoms with Gasteiger partial charge in [-0.2, -0.15) is 0 Å². The Bertz CT molecular complexity index is 1020. The maximum absolute atomic E-state index is 12.5. The number of rotatable bonds is 6. The van der Waals surface area contributed by atoms with Gasteiger partial charge in [-0.3, -0.25) is 14.9 Å². The summed E-state index contributed by atoms with van der Waals surface area (Å²) in [7, 11) is 1.39. The predicted molar refractivity (Wildman–Crippen MR) is 104 cm³/mol. The van der Waals surface area contributed by atoms with Crippen LogP contribution in [0.15, 0.2) is 41.6 Å². The summed E-state index contributed by atoms with van der Waals surface area (Å²) in [5.41, 5.74) is 3.15. The molecule has 0 fully saturated rings. The highest BCUT2D eigenvalue weighted by atomic mass is 32.2. The van der Waals surface area contributed by atoms with Gasteiger partial charge in [-0.25, -0.2) is 4.98 Å². The zero-order valence-corrected chi connectivity index (χ0v) is 15.8. The predicted octanol–water partition coefficient (Wildman–Crippen LogP) is 3.91. The molecule has 0 spiro atoms. The number of imidazole rings is 1. The second kappa shape index (κ2) is 7.67. The topological polar surface area (TPSA) is 110 Å². The van der Waals surface area contributed by atoms with Crippen molar-refractivity contribution < 1.29 is 14.5 Å². The van der Waals surface area contributed by atoms with Crippen molar-refractivity contribution in [3.05, 3.63) is 52.1 Å². The van der Waals surface area contributed by atoms with Gasteiger partial charge in [0.15, 0.2) is 5.16 Å². The van der Waals surface area contributed by atoms with Gasteiger partial charge in [0.25, 0.3) is 5.69 Å². The molecule has 0 aliphatic carbocycles. The number of aryl methyl sites for hydroxylation is 1. The van der Waals surface area contributed by atoms with E-state index in [4.69, 9.17) is 4.74 Å². The fourth-order valence-electron chi connectivity index (χ4n) is 2.51. The van der Waals surface area contributed by atoms with E-state index in [1.165, 1.54) is 37.1 Å². The number of amides is 1. The first-order valence-corrected chi connectivity index (χ1v) is 9.01. The Kier molecular flexibility index (Phi) is 5.31. The van der Waals surface area contributed by atoms with E-state index < -0.39 is 10.2 Å². The average molecular weight is 386 g/mol. The SMILES string of the molecule is COc1cc([N+](=O)[O-])ccc1NC(=O)[C@@H](C)Sc1nc2ccc(C)cc2[nH]1. The van der Waals surface area contributed by atoms with Crippen molar-refractivity contribution in [2.24, 2.45) is 0 Å². The molecule has 2 N–H and O–H groups in total. The van der Waals surface area contributed by atoms with Crippen molar-refractivity contribution in [2.75, 3.05) is 12.4 Å². The van der Waals surface area contributed by atoms with E-state index in [0.717, 1.165) is 16.6 Å². The van der Waals surface area contributed by atoms with Crippen LogP contribution in [0.2, 0.25) is 0 Å². The molecular formula is C18H18N4O4S. The number of hydrogen-bond acceptors (Lipinski definition) is 6. The number of ether oxygens (including phenoxy) is 1. The van der Waals surface area contributed by atoms with Crippen molar-refractivity contribution in [1.29, 1.82) is 0 Å². The van der Waals surface area contributed by atoms with Gasteiger partial charge in [-0.05, 0) is 37.6 Å². The standard InChI is InChI=1S/C18H18N4O4S/c1-10-4-6-13-15(8-10)21-18(20-13)27-11(2)17(23)19-14-7-5-12(22(24)25)9-16(14)26-3/h4-9,11H,1-3H3,(H,19,23)(H,20,21)/t11-/m1/s1. The molecule has 1 amide bonds. The molecule has 8 nitrogen and oxygen atoms in total. The van der Waals surface area contributed by atoms with E-state index in [-0.39, 0.29) is 17.3 Å². The Balaban J connectivity index is 1.72. The number of anilines is 1. The molecule has 0 saturated carbocycles. The first kappa shape index (κ1) is 18.7. The largest absolute Gasteiger partial charge is 0.494 e. The molecular weight excluding hydrogens is 368 g/mol. The zero-order chi connectivity index (χ0) is 19.6. The Morgan fingerprint density at radius 1 is 1.33 bits per heavy atom. The normalized spacial score (nSPS) is 12.0. The lowest BCUT2D eigenvalue weighted by Crippen LogP contribution is -2.22. The first-order chi connectivity index (χ1) is 12.9. The summed E-state index contributed by atoms with van der Waals surface area (Å²) in [5, 5.41) is 13.8. The van der Waals surface area contributed by atoms with Gasteiger partial charge in [0.2, 0.25) is 5.91 Å². The minimum Gasteiger partial charge on any atom is -0.494 e. The Labute approximate surface area is 159 Å². The van der Waals surface area contributed by atoms with Crippen LogP contribution in [-0.4, -0.2) is 33.2 Å². The molecule has 0 aliphatic rings. The minimum atomic E-state index is -0.518. The number of carbonyl (C=O) groups is 1. The molecule has 1 aromatic heterocycles. The van der Waals surface area contributed by atoms with Crippen molar-refractivity contribution in [3.8, 4) is 5.75 Å². The summed E-state index contributed by atoms with van der Waals surface area (Å²) in [6.45, 7) is 3.76. The van der Waals surface area contributed by atoms with Gasteiger partial charge >= 0.3 is 0 Å². The molecule has 1 heterocycles. The fourth-order valence-corrected chi connectivity index (χ4v) is 3.33. The molecule has 2 aromatic carbocycles. The van der Waals surface area contributed by atoms with E-state index in [1.807, 2.05) is 25.1 Å². The van der Waals surface area contributed by atoms with Crippen LogP contribution in [0.3, 0.4) is 0 Å². The summed E-state index contributed by atoms with van der Waals surface area (Å²) in [5.74, 6) is -0.0299. The number of thioether (sulfide) groups is 1. The monoisotopic (exact) mass is 386 g/mol. The molecule has 3 rings (SSSR count). The number of aromatic nitrogens is 2. The lowest BCUT2D eigenvalue weighted by atomic mass is 10.2. The number of H-pyrrole nitrogens is 1. The number of nitrogens with one attached hydrogen (secondary N) is 2. The Hall–Kier alpha value is -3.07. The number of benzene rings is 2. The lowest BCUT2D eigenvalue weighted by Gasteiger charge is -2.13. The second-order valence-corrected chi connectivity index (χ2v) is 7.28. The number of carbonyl (C=O) groups excluding carboxylic acids is 1. The van der Waals surface area contributed by atoms with Crippen LogP contribution in [-0.2, 0) is 4.79 Å². The molecule has 27 heavy (non-hydrogen) atoms. The number of fused-ring (bicyclic) bond motifs is 1.